The first-order chi connectivity index (χ1) is 24.6. The van der Waals surface area contributed by atoms with Crippen molar-refractivity contribution in [3.8, 4) is 5.75 Å². The number of aliphatic hydroxyl groups excluding tert-OH is 3. The Balaban J connectivity index is 1.36. The Morgan fingerprint density at radius 3 is 2.12 bits per heavy atom. The number of piperidine rings is 1. The molecule has 2 aliphatic carbocycles. The van der Waals surface area contributed by atoms with Gasteiger partial charge in [-0.05, 0) is 78.7 Å². The molecule has 0 unspecified atom stereocenters. The molecular weight excluding hydrogens is 683 g/mol. The monoisotopic (exact) mass is 732 g/mol. The summed E-state index contributed by atoms with van der Waals surface area (Å²) < 4.78 is 75.3. The van der Waals surface area contributed by atoms with Crippen LogP contribution in [0.4, 0.5) is 27.9 Å². The van der Waals surface area contributed by atoms with E-state index in [4.69, 9.17) is 9.72 Å². The van der Waals surface area contributed by atoms with E-state index in [1.165, 1.54) is 12.1 Å². The maximum Gasteiger partial charge on any atom is 0.416 e. The highest BCUT2D eigenvalue weighted by Gasteiger charge is 2.43. The van der Waals surface area contributed by atoms with Crippen LogP contribution in [0, 0.1) is 11.3 Å². The number of fused-ring (bicyclic) bond motifs is 1. The predicted octanol–water partition coefficient (Wildman–Crippen LogP) is 7.70. The van der Waals surface area contributed by atoms with Crippen molar-refractivity contribution in [3.63, 3.8) is 0 Å². The van der Waals surface area contributed by atoms with Crippen molar-refractivity contribution < 1.29 is 42.0 Å². The van der Waals surface area contributed by atoms with Crippen molar-refractivity contribution in [1.82, 2.24) is 15.0 Å². The molecule has 2 fully saturated rings. The van der Waals surface area contributed by atoms with E-state index in [0.717, 1.165) is 40.2 Å². The first-order valence-electron chi connectivity index (χ1n) is 18.3. The van der Waals surface area contributed by atoms with Crippen molar-refractivity contribution in [2.45, 2.75) is 108 Å². The molecule has 0 radical (unpaired) electrons. The van der Waals surface area contributed by atoms with Gasteiger partial charge in [0.1, 0.15) is 0 Å². The summed E-state index contributed by atoms with van der Waals surface area (Å²) in [5.74, 6) is -2.89. The van der Waals surface area contributed by atoms with Gasteiger partial charge in [0, 0.05) is 60.6 Å². The van der Waals surface area contributed by atoms with Crippen LogP contribution in [-0.4, -0.2) is 69.1 Å². The number of benzene rings is 1. The Labute approximate surface area is 301 Å². The van der Waals surface area contributed by atoms with E-state index in [1.807, 2.05) is 6.92 Å². The lowest BCUT2D eigenvalue weighted by atomic mass is 9.67. The Kier molecular flexibility index (Phi) is 11.2. The molecular formula is C39H49F5N4O4. The molecule has 1 saturated carbocycles. The molecule has 0 spiro atoms. The van der Waals surface area contributed by atoms with Crippen molar-refractivity contribution in [3.05, 3.63) is 75.9 Å². The third-order valence-electron chi connectivity index (χ3n) is 11.2. The molecule has 1 aliphatic heterocycles. The molecule has 3 N–H and O–H groups in total. The summed E-state index contributed by atoms with van der Waals surface area (Å²) in [5.41, 5.74) is 3.78. The molecule has 1 saturated heterocycles. The molecule has 52 heavy (non-hydrogen) atoms. The van der Waals surface area contributed by atoms with Gasteiger partial charge in [-0.3, -0.25) is 4.98 Å². The summed E-state index contributed by atoms with van der Waals surface area (Å²) in [6.45, 7) is 7.06. The normalized spacial score (nSPS) is 21.6. The smallest absolute Gasteiger partial charge is 0.416 e. The van der Waals surface area contributed by atoms with E-state index in [0.29, 0.717) is 56.0 Å². The van der Waals surface area contributed by atoms with Gasteiger partial charge < -0.3 is 25.0 Å². The van der Waals surface area contributed by atoms with Crippen LogP contribution < -0.4 is 9.64 Å². The van der Waals surface area contributed by atoms with Crippen LogP contribution in [-0.2, 0) is 12.6 Å². The number of aromatic nitrogens is 3. The fourth-order valence-electron chi connectivity index (χ4n) is 8.30. The molecule has 0 bridgehead atoms. The summed E-state index contributed by atoms with van der Waals surface area (Å²) in [7, 11) is 0. The number of hydrogen-bond acceptors (Lipinski definition) is 8. The highest BCUT2D eigenvalue weighted by Crippen LogP contribution is 2.52. The third-order valence-corrected chi connectivity index (χ3v) is 11.2. The number of nitrogens with zero attached hydrogens (tertiary/aromatic N) is 4. The van der Waals surface area contributed by atoms with Crippen molar-refractivity contribution in [2.75, 3.05) is 37.8 Å². The zero-order chi connectivity index (χ0) is 37.4. The fourth-order valence-corrected chi connectivity index (χ4v) is 8.30. The van der Waals surface area contributed by atoms with Crippen LogP contribution in [0.3, 0.4) is 0 Å². The van der Waals surface area contributed by atoms with Crippen LogP contribution in [0.2, 0.25) is 0 Å². The maximum atomic E-state index is 14.5. The van der Waals surface area contributed by atoms with Gasteiger partial charge >= 0.3 is 6.18 Å². The van der Waals surface area contributed by atoms with Crippen LogP contribution in [0.25, 0.3) is 0 Å². The number of ether oxygens (including phenoxy) is 1. The molecule has 1 aromatic carbocycles. The standard InChI is InChI=1S/C39H49F5N4O4/c1-23(25-4-6-28(7-5-25)39(42,43)44)32-33(26-8-12-38(40,41)13-9-26)34-30(16-37(2,3)17-31(34)51)47-35(32)27-10-14-48(15-11-27)36-45-18-29(19-46-36)52-22-24(20-49)21-50/h4-7,18-19,23-24,26-27,31,49-51H,8-17,20-22H2,1-3H3/t23-,31-/m0/s1. The second-order valence-electron chi connectivity index (χ2n) is 15.7. The molecule has 2 atom stereocenters. The molecule has 2 aromatic heterocycles. The third kappa shape index (κ3) is 8.36. The van der Waals surface area contributed by atoms with E-state index < -0.39 is 35.6 Å². The summed E-state index contributed by atoms with van der Waals surface area (Å²) in [6, 6.07) is 5.16. The van der Waals surface area contributed by atoms with Gasteiger partial charge in [0.05, 0.1) is 43.9 Å². The van der Waals surface area contributed by atoms with Gasteiger partial charge in [-0.25, -0.2) is 18.7 Å². The summed E-state index contributed by atoms with van der Waals surface area (Å²) in [6.07, 6.45) is 0.271. The second kappa shape index (κ2) is 15.1. The van der Waals surface area contributed by atoms with E-state index in [1.54, 1.807) is 12.4 Å². The number of anilines is 1. The lowest BCUT2D eigenvalue weighted by molar-refractivity contribution is -0.137. The van der Waals surface area contributed by atoms with Crippen molar-refractivity contribution >= 4 is 5.95 Å². The molecule has 3 aromatic rings. The summed E-state index contributed by atoms with van der Waals surface area (Å²) in [4.78, 5) is 16.4. The fraction of sp³-hybridized carbons (Fsp3) is 0.615. The van der Waals surface area contributed by atoms with Gasteiger partial charge in [0.25, 0.3) is 0 Å². The first kappa shape index (κ1) is 38.3. The number of aliphatic hydroxyl groups is 3. The van der Waals surface area contributed by atoms with Gasteiger partial charge in [-0.2, -0.15) is 13.2 Å². The number of pyridine rings is 1. The molecule has 284 valence electrons. The van der Waals surface area contributed by atoms with Crippen LogP contribution in [0.5, 0.6) is 5.75 Å². The van der Waals surface area contributed by atoms with E-state index in [9.17, 15) is 37.3 Å². The summed E-state index contributed by atoms with van der Waals surface area (Å²) in [5, 5.41) is 30.3. The lowest BCUT2D eigenvalue weighted by Gasteiger charge is -2.41. The zero-order valence-corrected chi connectivity index (χ0v) is 30.0. The Morgan fingerprint density at radius 1 is 0.923 bits per heavy atom. The number of rotatable bonds is 10. The minimum atomic E-state index is -4.48. The quantitative estimate of drug-likeness (QED) is 0.182. The molecule has 6 rings (SSSR count). The van der Waals surface area contributed by atoms with Crippen molar-refractivity contribution in [1.29, 1.82) is 0 Å². The molecule has 13 heteroatoms. The van der Waals surface area contributed by atoms with Gasteiger partial charge in [-0.1, -0.05) is 32.9 Å². The largest absolute Gasteiger partial charge is 0.490 e. The highest BCUT2D eigenvalue weighted by atomic mass is 19.4. The SMILES string of the molecule is C[C@@H](c1ccc(C(F)(F)F)cc1)c1c(C2CCN(c3ncc(OCC(CO)CO)cn3)CC2)nc2c(c1C1CCC(F)(F)CC1)[C@@H](O)CC(C)(C)C2. The van der Waals surface area contributed by atoms with E-state index in [2.05, 4.69) is 28.7 Å². The molecule has 3 heterocycles. The second-order valence-corrected chi connectivity index (χ2v) is 15.7. The zero-order valence-electron chi connectivity index (χ0n) is 30.0. The van der Waals surface area contributed by atoms with E-state index >= 15 is 0 Å². The average Bonchev–Trinajstić information content (AvgIpc) is 3.10. The van der Waals surface area contributed by atoms with E-state index in [-0.39, 0.29) is 62.8 Å². The highest BCUT2D eigenvalue weighted by molar-refractivity contribution is 5.52. The van der Waals surface area contributed by atoms with Crippen LogP contribution >= 0.6 is 0 Å². The predicted molar refractivity (Wildman–Crippen MR) is 186 cm³/mol. The Hall–Kier alpha value is -3.42. The molecule has 0 amide bonds. The number of halogens is 5. The minimum Gasteiger partial charge on any atom is -0.490 e. The lowest BCUT2D eigenvalue weighted by Crippen LogP contribution is -2.36. The molecule has 3 aliphatic rings. The van der Waals surface area contributed by atoms with Gasteiger partial charge in [0.2, 0.25) is 11.9 Å². The topological polar surface area (TPSA) is 112 Å². The Morgan fingerprint density at radius 2 is 1.54 bits per heavy atom. The Bertz CT molecular complexity index is 1660. The number of hydrogen-bond donors (Lipinski definition) is 3. The summed E-state index contributed by atoms with van der Waals surface area (Å²) >= 11 is 0. The van der Waals surface area contributed by atoms with Crippen molar-refractivity contribution in [2.24, 2.45) is 11.3 Å². The first-order valence-corrected chi connectivity index (χ1v) is 18.3. The van der Waals surface area contributed by atoms with Crippen LogP contribution in [0.1, 0.15) is 129 Å². The average molecular weight is 733 g/mol. The minimum absolute atomic E-state index is 0.0316. The number of alkyl halides is 5. The van der Waals surface area contributed by atoms with Crippen LogP contribution in [0.15, 0.2) is 36.7 Å². The van der Waals surface area contributed by atoms with Gasteiger partial charge in [0.15, 0.2) is 5.75 Å². The maximum absolute atomic E-state index is 14.5. The molecule has 8 nitrogen and oxygen atoms in total. The van der Waals surface area contributed by atoms with Gasteiger partial charge in [-0.15, -0.1) is 0 Å².